The summed E-state index contributed by atoms with van der Waals surface area (Å²) in [6, 6.07) is 7.83. The lowest BCUT2D eigenvalue weighted by molar-refractivity contribution is -0.126. The number of rotatable bonds is 2. The van der Waals surface area contributed by atoms with Gasteiger partial charge in [-0.1, -0.05) is 12.1 Å². The molecule has 0 radical (unpaired) electrons. The number of hydrogen-bond acceptors (Lipinski definition) is 3. The Hall–Kier alpha value is -2.04. The van der Waals surface area contributed by atoms with Gasteiger partial charge >= 0.3 is 0 Å². The summed E-state index contributed by atoms with van der Waals surface area (Å²) in [6.45, 7) is 1.50. The van der Waals surface area contributed by atoms with Gasteiger partial charge in [-0.25, -0.2) is 4.98 Å². The van der Waals surface area contributed by atoms with Gasteiger partial charge in [0.1, 0.15) is 0 Å². The second-order valence-electron chi connectivity index (χ2n) is 3.67. The first-order valence-corrected chi connectivity index (χ1v) is 5.02. The van der Waals surface area contributed by atoms with Crippen LogP contribution in [0.1, 0.15) is 6.92 Å². The highest BCUT2D eigenvalue weighted by Gasteiger charge is 2.09. The van der Waals surface area contributed by atoms with E-state index in [1.54, 1.807) is 7.05 Å². The molecule has 0 saturated heterocycles. The van der Waals surface area contributed by atoms with E-state index >= 15 is 0 Å². The highest BCUT2D eigenvalue weighted by Crippen LogP contribution is 2.17. The second-order valence-corrected chi connectivity index (χ2v) is 3.67. The van der Waals surface area contributed by atoms with Crippen LogP contribution < -0.4 is 5.43 Å². The molecule has 1 aromatic heterocycles. The molecule has 5 nitrogen and oxygen atoms in total. The average Bonchev–Trinajstić information content (AvgIpc) is 2.56. The van der Waals surface area contributed by atoms with Crippen LogP contribution in [-0.2, 0) is 11.8 Å². The predicted octanol–water partition coefficient (Wildman–Crippen LogP) is 1.38. The van der Waals surface area contributed by atoms with Crippen LogP contribution in [-0.4, -0.2) is 27.5 Å². The van der Waals surface area contributed by atoms with Gasteiger partial charge in [0.25, 0.3) is 0 Å². The number of hydrogen-bond donors (Lipinski definition) is 1. The number of nitrogens with one attached hydrogen (secondary N) is 1. The van der Waals surface area contributed by atoms with Crippen molar-refractivity contribution in [3.63, 3.8) is 0 Å². The molecule has 0 spiro atoms. The van der Waals surface area contributed by atoms with Gasteiger partial charge in [0.05, 0.1) is 11.0 Å². The van der Waals surface area contributed by atoms with Gasteiger partial charge in [0.2, 0.25) is 11.9 Å². The second kappa shape index (κ2) is 3.84. The number of fused-ring (bicyclic) bond motifs is 1. The predicted molar refractivity (Wildman–Crippen MR) is 62.8 cm³/mol. The largest absolute Gasteiger partial charge is 0.312 e. The number of nitrogens with zero attached hydrogens (tertiary/aromatic N) is 3. The van der Waals surface area contributed by atoms with Crippen molar-refractivity contribution < 1.29 is 4.79 Å². The quantitative estimate of drug-likeness (QED) is 0.775. The van der Waals surface area contributed by atoms with E-state index in [0.29, 0.717) is 5.95 Å². The lowest BCUT2D eigenvalue weighted by atomic mass is 10.3. The van der Waals surface area contributed by atoms with E-state index in [-0.39, 0.29) is 5.91 Å². The van der Waals surface area contributed by atoms with E-state index < -0.39 is 0 Å². The van der Waals surface area contributed by atoms with Crippen LogP contribution >= 0.6 is 0 Å². The van der Waals surface area contributed by atoms with Crippen LogP contribution in [0.4, 0.5) is 5.95 Å². The molecule has 1 heterocycles. The number of amides is 1. The maximum Gasteiger partial charge on any atom is 0.237 e. The van der Waals surface area contributed by atoms with Crippen molar-refractivity contribution in [2.45, 2.75) is 6.92 Å². The fourth-order valence-electron chi connectivity index (χ4n) is 1.47. The molecule has 84 valence electrons. The smallest absolute Gasteiger partial charge is 0.237 e. The molecule has 5 heteroatoms. The molecule has 0 aliphatic carbocycles. The third-order valence-electron chi connectivity index (χ3n) is 2.53. The van der Waals surface area contributed by atoms with Crippen molar-refractivity contribution in [2.24, 2.45) is 7.05 Å². The maximum atomic E-state index is 11.1. The zero-order valence-corrected chi connectivity index (χ0v) is 9.56. The summed E-state index contributed by atoms with van der Waals surface area (Å²) in [7, 11) is 3.58. The lowest BCUT2D eigenvalue weighted by Gasteiger charge is -2.16. The van der Waals surface area contributed by atoms with Gasteiger partial charge in [0.15, 0.2) is 0 Å². The summed E-state index contributed by atoms with van der Waals surface area (Å²) in [5.74, 6) is 0.589. The third kappa shape index (κ3) is 1.71. The Morgan fingerprint density at radius 3 is 2.75 bits per heavy atom. The Bertz CT molecular complexity index is 532. The molecule has 1 amide bonds. The number of aryl methyl sites for hydroxylation is 1. The van der Waals surface area contributed by atoms with Crippen LogP contribution in [0.3, 0.4) is 0 Å². The van der Waals surface area contributed by atoms with E-state index in [2.05, 4.69) is 10.4 Å². The van der Waals surface area contributed by atoms with E-state index in [4.69, 9.17) is 0 Å². The summed E-state index contributed by atoms with van der Waals surface area (Å²) < 4.78 is 1.91. The minimum absolute atomic E-state index is 0.0629. The van der Waals surface area contributed by atoms with E-state index in [1.165, 1.54) is 11.9 Å². The summed E-state index contributed by atoms with van der Waals surface area (Å²) in [5, 5.41) is 1.40. The lowest BCUT2D eigenvalue weighted by Crippen LogP contribution is -2.31. The zero-order valence-electron chi connectivity index (χ0n) is 9.56. The molecule has 1 N–H and O–H groups in total. The Morgan fingerprint density at radius 1 is 1.44 bits per heavy atom. The van der Waals surface area contributed by atoms with Crippen molar-refractivity contribution >= 4 is 22.9 Å². The Kier molecular flexibility index (Phi) is 2.52. The minimum atomic E-state index is -0.0629. The molecule has 0 unspecified atom stereocenters. The number of aromatic nitrogens is 2. The maximum absolute atomic E-state index is 11.1. The molecule has 2 aromatic rings. The van der Waals surface area contributed by atoms with Crippen molar-refractivity contribution in [1.29, 1.82) is 0 Å². The van der Waals surface area contributed by atoms with Crippen LogP contribution in [0, 0.1) is 0 Å². The number of carbonyl (C=O) groups excluding carboxylic acids is 1. The van der Waals surface area contributed by atoms with Gasteiger partial charge in [-0.15, -0.1) is 0 Å². The molecule has 0 aliphatic rings. The van der Waals surface area contributed by atoms with Crippen LogP contribution in [0.2, 0.25) is 0 Å². The molecular formula is C11H14N4O. The Balaban J connectivity index is 2.38. The summed E-state index contributed by atoms with van der Waals surface area (Å²) in [4.78, 5) is 15.5. The highest BCUT2D eigenvalue weighted by molar-refractivity contribution is 5.79. The van der Waals surface area contributed by atoms with E-state index in [9.17, 15) is 4.79 Å². The molecule has 0 saturated carbocycles. The van der Waals surface area contributed by atoms with Crippen LogP contribution in [0.15, 0.2) is 24.3 Å². The monoisotopic (exact) mass is 218 g/mol. The third-order valence-corrected chi connectivity index (χ3v) is 2.53. The van der Waals surface area contributed by atoms with E-state index in [1.807, 2.05) is 35.9 Å². The summed E-state index contributed by atoms with van der Waals surface area (Å²) >= 11 is 0. The van der Waals surface area contributed by atoms with Crippen LogP contribution in [0.25, 0.3) is 11.0 Å². The SMILES string of the molecule is CC(=O)N(C)Nc1nc2ccccc2n1C. The standard InChI is InChI=1S/C11H14N4O/c1-8(16)15(3)13-11-12-9-6-4-5-7-10(9)14(11)2/h4-7H,1-3H3,(H,12,13). The molecule has 2 rings (SSSR count). The summed E-state index contributed by atoms with van der Waals surface area (Å²) in [6.07, 6.45) is 0. The molecular weight excluding hydrogens is 204 g/mol. The Labute approximate surface area is 93.7 Å². The minimum Gasteiger partial charge on any atom is -0.312 e. The number of hydrazine groups is 1. The number of benzene rings is 1. The highest BCUT2D eigenvalue weighted by atomic mass is 16.2. The van der Waals surface area contributed by atoms with Crippen molar-refractivity contribution in [3.8, 4) is 0 Å². The Morgan fingerprint density at radius 2 is 2.12 bits per heavy atom. The number of carbonyl (C=O) groups is 1. The first kappa shape index (κ1) is 10.5. The number of anilines is 1. The van der Waals surface area contributed by atoms with Gasteiger partial charge < -0.3 is 4.57 Å². The van der Waals surface area contributed by atoms with Crippen molar-refractivity contribution in [1.82, 2.24) is 14.6 Å². The van der Waals surface area contributed by atoms with Crippen molar-refractivity contribution in [2.75, 3.05) is 12.5 Å². The average molecular weight is 218 g/mol. The number of imidazole rings is 1. The zero-order chi connectivity index (χ0) is 11.7. The molecule has 1 aromatic carbocycles. The normalized spacial score (nSPS) is 10.4. The fourth-order valence-corrected chi connectivity index (χ4v) is 1.47. The van der Waals surface area contributed by atoms with Gasteiger partial charge in [-0.05, 0) is 12.1 Å². The fraction of sp³-hybridized carbons (Fsp3) is 0.273. The van der Waals surface area contributed by atoms with E-state index in [0.717, 1.165) is 11.0 Å². The first-order chi connectivity index (χ1) is 7.59. The topological polar surface area (TPSA) is 50.2 Å². The van der Waals surface area contributed by atoms with Crippen molar-refractivity contribution in [3.05, 3.63) is 24.3 Å². The molecule has 16 heavy (non-hydrogen) atoms. The summed E-state index contributed by atoms with van der Waals surface area (Å²) in [5.41, 5.74) is 4.87. The molecule has 0 aliphatic heterocycles. The van der Waals surface area contributed by atoms with Gasteiger partial charge in [-0.2, -0.15) is 0 Å². The first-order valence-electron chi connectivity index (χ1n) is 5.02. The number of para-hydroxylation sites is 2. The van der Waals surface area contributed by atoms with Crippen LogP contribution in [0.5, 0.6) is 0 Å². The molecule has 0 atom stereocenters. The van der Waals surface area contributed by atoms with Gasteiger partial charge in [0, 0.05) is 21.0 Å². The molecule has 0 fully saturated rings. The molecule has 0 bridgehead atoms. The van der Waals surface area contributed by atoms with Gasteiger partial charge in [-0.3, -0.25) is 15.2 Å².